The van der Waals surface area contributed by atoms with Gasteiger partial charge >= 0.3 is 0 Å². The number of hydrogen-bond acceptors (Lipinski definition) is 2. The van der Waals surface area contributed by atoms with Crippen LogP contribution in [-0.2, 0) is 4.79 Å². The molecular weight excluding hydrogens is 114 g/mol. The van der Waals surface area contributed by atoms with Crippen LogP contribution < -0.4 is 0 Å². The molecule has 0 aromatic rings. The minimum atomic E-state index is 0.141. The third kappa shape index (κ3) is 1.27. The van der Waals surface area contributed by atoms with Gasteiger partial charge in [-0.25, -0.2) is 4.79 Å². The first-order valence-electron chi connectivity index (χ1n) is 3.08. The Morgan fingerprint density at radius 3 is 3.11 bits per heavy atom. The molecule has 0 aromatic heterocycles. The Bertz CT molecular complexity index is 177. The van der Waals surface area contributed by atoms with Gasteiger partial charge in [0, 0.05) is 0 Å². The van der Waals surface area contributed by atoms with Crippen molar-refractivity contribution in [2.24, 2.45) is 4.99 Å². The Morgan fingerprint density at radius 2 is 2.67 bits per heavy atom. The Hall–Kier alpha value is -0.880. The monoisotopic (exact) mass is 123 g/mol. The van der Waals surface area contributed by atoms with Crippen molar-refractivity contribution in [3.8, 4) is 0 Å². The molecule has 1 aliphatic carbocycles. The van der Waals surface area contributed by atoms with Crippen LogP contribution >= 0.6 is 0 Å². The predicted molar refractivity (Wildman–Crippen MR) is 34.9 cm³/mol. The first kappa shape index (κ1) is 6.24. The second-order valence-electron chi connectivity index (χ2n) is 2.26. The number of rotatable bonds is 1. The van der Waals surface area contributed by atoms with E-state index in [-0.39, 0.29) is 6.04 Å². The number of aliphatic imine (C=N–C) groups is 1. The molecule has 0 aliphatic heterocycles. The lowest BCUT2D eigenvalue weighted by Gasteiger charge is -1.99. The molecule has 0 amide bonds. The Labute approximate surface area is 54.3 Å². The molecule has 0 radical (unpaired) electrons. The molecule has 0 heterocycles. The normalized spacial score (nSPS) is 25.0. The van der Waals surface area contributed by atoms with E-state index in [4.69, 9.17) is 0 Å². The van der Waals surface area contributed by atoms with E-state index in [1.807, 2.05) is 6.92 Å². The number of isocyanates is 1. The molecule has 0 unspecified atom stereocenters. The molecule has 0 N–H and O–H groups in total. The molecule has 9 heavy (non-hydrogen) atoms. The van der Waals surface area contributed by atoms with Gasteiger partial charge in [-0.3, -0.25) is 0 Å². The van der Waals surface area contributed by atoms with Gasteiger partial charge in [0.25, 0.3) is 0 Å². The number of hydrogen-bond donors (Lipinski definition) is 0. The summed E-state index contributed by atoms with van der Waals surface area (Å²) in [5.41, 5.74) is 1.21. The molecule has 0 bridgehead atoms. The van der Waals surface area contributed by atoms with E-state index >= 15 is 0 Å². The smallest absolute Gasteiger partial charge is 0.211 e. The zero-order valence-electron chi connectivity index (χ0n) is 5.42. The van der Waals surface area contributed by atoms with Crippen LogP contribution in [0.25, 0.3) is 0 Å². The summed E-state index contributed by atoms with van der Waals surface area (Å²) < 4.78 is 0. The molecule has 2 nitrogen and oxygen atoms in total. The topological polar surface area (TPSA) is 29.4 Å². The van der Waals surface area contributed by atoms with Crippen molar-refractivity contribution in [3.05, 3.63) is 11.6 Å². The molecule has 1 atom stereocenters. The van der Waals surface area contributed by atoms with Crippen LogP contribution in [0.2, 0.25) is 0 Å². The summed E-state index contributed by atoms with van der Waals surface area (Å²) >= 11 is 0. The number of carbonyl (C=O) groups excluding carboxylic acids is 1. The maximum absolute atomic E-state index is 9.79. The predicted octanol–water partition coefficient (Wildman–Crippen LogP) is 1.43. The summed E-state index contributed by atoms with van der Waals surface area (Å²) in [7, 11) is 0. The maximum atomic E-state index is 9.79. The van der Waals surface area contributed by atoms with E-state index in [1.165, 1.54) is 5.57 Å². The lowest BCUT2D eigenvalue weighted by molar-refractivity contribution is 0.559. The van der Waals surface area contributed by atoms with E-state index < -0.39 is 0 Å². The summed E-state index contributed by atoms with van der Waals surface area (Å²) in [5, 5.41) is 0. The average molecular weight is 123 g/mol. The van der Waals surface area contributed by atoms with Gasteiger partial charge < -0.3 is 0 Å². The average Bonchev–Trinajstić information content (AvgIpc) is 2.18. The van der Waals surface area contributed by atoms with Crippen LogP contribution in [0.1, 0.15) is 19.8 Å². The van der Waals surface area contributed by atoms with Crippen molar-refractivity contribution in [1.29, 1.82) is 0 Å². The minimum Gasteiger partial charge on any atom is -0.211 e. The van der Waals surface area contributed by atoms with E-state index in [2.05, 4.69) is 11.1 Å². The third-order valence-electron chi connectivity index (χ3n) is 1.64. The van der Waals surface area contributed by atoms with Crippen LogP contribution in [-0.4, -0.2) is 12.1 Å². The molecule has 0 saturated carbocycles. The summed E-state index contributed by atoms with van der Waals surface area (Å²) in [6, 6.07) is 0.141. The van der Waals surface area contributed by atoms with Gasteiger partial charge in [-0.1, -0.05) is 11.6 Å². The summed E-state index contributed by atoms with van der Waals surface area (Å²) in [4.78, 5) is 13.4. The fourth-order valence-electron chi connectivity index (χ4n) is 1.06. The fourth-order valence-corrected chi connectivity index (χ4v) is 1.06. The van der Waals surface area contributed by atoms with Crippen molar-refractivity contribution < 1.29 is 4.79 Å². The minimum absolute atomic E-state index is 0.141. The van der Waals surface area contributed by atoms with Crippen LogP contribution in [0.4, 0.5) is 0 Å². The molecular formula is C7H9NO. The highest BCUT2D eigenvalue weighted by Crippen LogP contribution is 2.20. The molecule has 2 heteroatoms. The molecule has 0 aromatic carbocycles. The molecule has 0 spiro atoms. The van der Waals surface area contributed by atoms with Gasteiger partial charge in [-0.15, -0.1) is 0 Å². The highest BCUT2D eigenvalue weighted by atomic mass is 16.1. The van der Waals surface area contributed by atoms with Crippen molar-refractivity contribution >= 4 is 6.08 Å². The van der Waals surface area contributed by atoms with Gasteiger partial charge in [0.1, 0.15) is 0 Å². The zero-order chi connectivity index (χ0) is 6.69. The summed E-state index contributed by atoms with van der Waals surface area (Å²) in [6.45, 7) is 2.00. The van der Waals surface area contributed by atoms with Crippen molar-refractivity contribution in [2.75, 3.05) is 0 Å². The van der Waals surface area contributed by atoms with Crippen molar-refractivity contribution in [3.63, 3.8) is 0 Å². The number of nitrogens with zero attached hydrogens (tertiary/aromatic N) is 1. The van der Waals surface area contributed by atoms with Crippen molar-refractivity contribution in [1.82, 2.24) is 0 Å². The molecule has 48 valence electrons. The second kappa shape index (κ2) is 2.60. The van der Waals surface area contributed by atoms with Crippen LogP contribution in [0.3, 0.4) is 0 Å². The Balaban J connectivity index is 2.63. The standard InChI is InChI=1S/C7H9NO/c1-6-3-2-4-7(6)8-5-9/h3,7H,2,4H2,1H3/t7-/m0/s1. The van der Waals surface area contributed by atoms with Crippen LogP contribution in [0.15, 0.2) is 16.6 Å². The maximum Gasteiger partial charge on any atom is 0.235 e. The van der Waals surface area contributed by atoms with Gasteiger partial charge in [0.05, 0.1) is 6.04 Å². The first-order chi connectivity index (χ1) is 4.34. The second-order valence-corrected chi connectivity index (χ2v) is 2.26. The van der Waals surface area contributed by atoms with Gasteiger partial charge in [-0.2, -0.15) is 4.99 Å². The molecule has 1 rings (SSSR count). The molecule has 1 aliphatic rings. The van der Waals surface area contributed by atoms with E-state index in [1.54, 1.807) is 6.08 Å². The van der Waals surface area contributed by atoms with E-state index in [0.717, 1.165) is 12.8 Å². The van der Waals surface area contributed by atoms with E-state index in [0.29, 0.717) is 0 Å². The summed E-state index contributed by atoms with van der Waals surface area (Å²) in [6.07, 6.45) is 5.74. The van der Waals surface area contributed by atoms with Gasteiger partial charge in [0.2, 0.25) is 6.08 Å². The van der Waals surface area contributed by atoms with Crippen LogP contribution in [0, 0.1) is 0 Å². The van der Waals surface area contributed by atoms with E-state index in [9.17, 15) is 4.79 Å². The Kier molecular flexibility index (Phi) is 1.81. The quantitative estimate of drug-likeness (QED) is 0.294. The van der Waals surface area contributed by atoms with Crippen LogP contribution in [0.5, 0.6) is 0 Å². The van der Waals surface area contributed by atoms with Gasteiger partial charge in [-0.05, 0) is 19.8 Å². The SMILES string of the molecule is CC1=CCC[C@@H]1N=C=O. The first-order valence-corrected chi connectivity index (χ1v) is 3.08. The van der Waals surface area contributed by atoms with Gasteiger partial charge in [0.15, 0.2) is 0 Å². The Morgan fingerprint density at radius 1 is 1.89 bits per heavy atom. The molecule has 0 saturated heterocycles. The fraction of sp³-hybridized carbons (Fsp3) is 0.571. The largest absolute Gasteiger partial charge is 0.235 e. The van der Waals surface area contributed by atoms with Crippen molar-refractivity contribution in [2.45, 2.75) is 25.8 Å². The molecule has 0 fully saturated rings. The zero-order valence-corrected chi connectivity index (χ0v) is 5.42. The lowest BCUT2D eigenvalue weighted by Crippen LogP contribution is -1.98. The third-order valence-corrected chi connectivity index (χ3v) is 1.64. The highest BCUT2D eigenvalue weighted by Gasteiger charge is 2.12. The highest BCUT2D eigenvalue weighted by molar-refractivity contribution is 5.36. The number of allylic oxidation sites excluding steroid dienone is 1. The summed E-state index contributed by atoms with van der Waals surface area (Å²) in [5.74, 6) is 0. The lowest BCUT2D eigenvalue weighted by atomic mass is 10.2.